The molecule has 1 fully saturated rings. The van der Waals surface area contributed by atoms with Gasteiger partial charge in [0.2, 0.25) is 0 Å². The average Bonchev–Trinajstić information content (AvgIpc) is 3.16. The second-order valence-corrected chi connectivity index (χ2v) is 10.0. The molecule has 0 spiro atoms. The summed E-state index contributed by atoms with van der Waals surface area (Å²) in [6.45, 7) is 17.5. The van der Waals surface area contributed by atoms with Crippen molar-refractivity contribution in [3.63, 3.8) is 0 Å². The molecule has 1 aliphatic rings. The molecule has 0 saturated carbocycles. The van der Waals surface area contributed by atoms with Crippen molar-refractivity contribution in [3.05, 3.63) is 64.6 Å². The van der Waals surface area contributed by atoms with Gasteiger partial charge in [0, 0.05) is 50.9 Å². The maximum absolute atomic E-state index is 4.99. The highest BCUT2D eigenvalue weighted by Gasteiger charge is 2.17. The Hall–Kier alpha value is -2.50. The molecule has 1 aromatic carbocycles. The lowest BCUT2D eigenvalue weighted by Crippen LogP contribution is -2.48. The number of hydrogen-bond donors (Lipinski definition) is 0. The standard InChI is InChI=1S/C29H41N5/c1-6-7-10-27-31-28-23(4)20-24(5)30-29(28)34(27)21-26-13-11-25(12-14-26)9-8-15-32-16-18-33(19-17-32)22(2)3/h8-9,11-14,20,22H,6-7,10,15-19,21H2,1-5H3. The van der Waals surface area contributed by atoms with Crippen LogP contribution in [0.1, 0.15) is 61.8 Å². The zero-order valence-corrected chi connectivity index (χ0v) is 21.7. The number of imidazole rings is 1. The van der Waals surface area contributed by atoms with E-state index in [0.717, 1.165) is 61.7 Å². The van der Waals surface area contributed by atoms with Gasteiger partial charge in [-0.25, -0.2) is 9.97 Å². The molecule has 0 bridgehead atoms. The fraction of sp³-hybridized carbons (Fsp3) is 0.517. The molecule has 182 valence electrons. The van der Waals surface area contributed by atoms with Crippen molar-refractivity contribution in [1.29, 1.82) is 0 Å². The summed E-state index contributed by atoms with van der Waals surface area (Å²) in [5.41, 5.74) is 6.89. The molecule has 0 N–H and O–H groups in total. The molecular formula is C29H41N5. The molecule has 0 amide bonds. The lowest BCUT2D eigenvalue weighted by Gasteiger charge is -2.36. The minimum atomic E-state index is 0.656. The average molecular weight is 460 g/mol. The number of nitrogens with zero attached hydrogens (tertiary/aromatic N) is 5. The molecule has 1 aliphatic heterocycles. The number of fused-ring (bicyclic) bond motifs is 1. The van der Waals surface area contributed by atoms with Crippen molar-refractivity contribution in [2.24, 2.45) is 0 Å². The highest BCUT2D eigenvalue weighted by molar-refractivity contribution is 5.76. The largest absolute Gasteiger partial charge is 0.308 e. The van der Waals surface area contributed by atoms with Crippen LogP contribution in [-0.2, 0) is 13.0 Å². The van der Waals surface area contributed by atoms with Gasteiger partial charge in [0.15, 0.2) is 5.65 Å². The molecule has 3 heterocycles. The van der Waals surface area contributed by atoms with E-state index in [4.69, 9.17) is 9.97 Å². The first kappa shape index (κ1) is 24.6. The first-order valence-corrected chi connectivity index (χ1v) is 13.0. The molecule has 1 saturated heterocycles. The second-order valence-electron chi connectivity index (χ2n) is 10.0. The number of unbranched alkanes of at least 4 members (excludes halogenated alkanes) is 1. The van der Waals surface area contributed by atoms with E-state index in [1.807, 2.05) is 0 Å². The van der Waals surface area contributed by atoms with Gasteiger partial charge in [-0.1, -0.05) is 49.8 Å². The van der Waals surface area contributed by atoms with E-state index in [0.29, 0.717) is 6.04 Å². The Kier molecular flexibility index (Phi) is 8.17. The molecule has 34 heavy (non-hydrogen) atoms. The van der Waals surface area contributed by atoms with Gasteiger partial charge in [0.1, 0.15) is 11.3 Å². The van der Waals surface area contributed by atoms with Crippen LogP contribution in [0.25, 0.3) is 17.2 Å². The fourth-order valence-corrected chi connectivity index (χ4v) is 4.86. The molecule has 2 aromatic heterocycles. The topological polar surface area (TPSA) is 37.2 Å². The van der Waals surface area contributed by atoms with Crippen LogP contribution in [0.4, 0.5) is 0 Å². The predicted molar refractivity (Wildman–Crippen MR) is 143 cm³/mol. The van der Waals surface area contributed by atoms with Crippen LogP contribution in [-0.4, -0.2) is 63.1 Å². The van der Waals surface area contributed by atoms with E-state index >= 15 is 0 Å². The number of piperazine rings is 1. The van der Waals surface area contributed by atoms with E-state index in [1.165, 1.54) is 36.2 Å². The monoisotopic (exact) mass is 459 g/mol. The molecule has 5 nitrogen and oxygen atoms in total. The van der Waals surface area contributed by atoms with Gasteiger partial charge < -0.3 is 4.57 Å². The quantitative estimate of drug-likeness (QED) is 0.425. The summed E-state index contributed by atoms with van der Waals surface area (Å²) >= 11 is 0. The summed E-state index contributed by atoms with van der Waals surface area (Å²) in [6, 6.07) is 11.8. The van der Waals surface area contributed by atoms with E-state index in [9.17, 15) is 0 Å². The summed E-state index contributed by atoms with van der Waals surface area (Å²) in [5, 5.41) is 0. The van der Waals surface area contributed by atoms with E-state index in [2.05, 4.69) is 91.5 Å². The number of hydrogen-bond acceptors (Lipinski definition) is 4. The Morgan fingerprint density at radius 1 is 1.00 bits per heavy atom. The Balaban J connectivity index is 1.42. The molecule has 0 atom stereocenters. The SMILES string of the molecule is CCCCc1nc2c(C)cc(C)nc2n1Cc1ccc(C=CCN2CCN(C(C)C)CC2)cc1. The molecule has 3 aromatic rings. The smallest absolute Gasteiger partial charge is 0.160 e. The number of rotatable bonds is 9. The van der Waals surface area contributed by atoms with Crippen LogP contribution in [0.5, 0.6) is 0 Å². The van der Waals surface area contributed by atoms with Crippen LogP contribution in [0.3, 0.4) is 0 Å². The van der Waals surface area contributed by atoms with Gasteiger partial charge in [0.25, 0.3) is 0 Å². The summed E-state index contributed by atoms with van der Waals surface area (Å²) < 4.78 is 2.33. The van der Waals surface area contributed by atoms with Crippen LogP contribution in [0.15, 0.2) is 36.4 Å². The van der Waals surface area contributed by atoms with Crippen LogP contribution in [0, 0.1) is 13.8 Å². The molecule has 0 radical (unpaired) electrons. The highest BCUT2D eigenvalue weighted by Crippen LogP contribution is 2.22. The fourth-order valence-electron chi connectivity index (χ4n) is 4.86. The highest BCUT2D eigenvalue weighted by atomic mass is 15.3. The van der Waals surface area contributed by atoms with Gasteiger partial charge in [0.05, 0.1) is 6.54 Å². The number of aromatic nitrogens is 3. The molecule has 0 aliphatic carbocycles. The molecule has 5 heteroatoms. The normalized spacial score (nSPS) is 15.8. The first-order chi connectivity index (χ1) is 16.4. The Morgan fingerprint density at radius 3 is 2.41 bits per heavy atom. The third kappa shape index (κ3) is 5.94. The van der Waals surface area contributed by atoms with Gasteiger partial charge in [-0.2, -0.15) is 0 Å². The van der Waals surface area contributed by atoms with Crippen molar-refractivity contribution in [3.8, 4) is 0 Å². The second kappa shape index (κ2) is 11.3. The maximum Gasteiger partial charge on any atom is 0.160 e. The zero-order valence-electron chi connectivity index (χ0n) is 21.7. The van der Waals surface area contributed by atoms with Crippen molar-refractivity contribution >= 4 is 17.2 Å². The lowest BCUT2D eigenvalue weighted by molar-refractivity contribution is 0.117. The third-order valence-corrected chi connectivity index (χ3v) is 6.99. The predicted octanol–water partition coefficient (Wildman–Crippen LogP) is 5.48. The minimum Gasteiger partial charge on any atom is -0.308 e. The number of pyridine rings is 1. The van der Waals surface area contributed by atoms with Crippen molar-refractivity contribution in [2.75, 3.05) is 32.7 Å². The lowest BCUT2D eigenvalue weighted by atomic mass is 10.1. The Bertz CT molecular complexity index is 1100. The summed E-state index contributed by atoms with van der Waals surface area (Å²) in [5.74, 6) is 1.15. The van der Waals surface area contributed by atoms with E-state index in [1.54, 1.807) is 0 Å². The van der Waals surface area contributed by atoms with Gasteiger partial charge in [-0.05, 0) is 56.9 Å². The molecule has 0 unspecified atom stereocenters. The zero-order chi connectivity index (χ0) is 24.1. The van der Waals surface area contributed by atoms with Crippen LogP contribution in [0.2, 0.25) is 0 Å². The van der Waals surface area contributed by atoms with Crippen molar-refractivity contribution in [1.82, 2.24) is 24.3 Å². The van der Waals surface area contributed by atoms with E-state index < -0.39 is 0 Å². The van der Waals surface area contributed by atoms with Crippen molar-refractivity contribution < 1.29 is 0 Å². The van der Waals surface area contributed by atoms with Crippen LogP contribution >= 0.6 is 0 Å². The number of aryl methyl sites for hydroxylation is 3. The third-order valence-electron chi connectivity index (χ3n) is 6.99. The Morgan fingerprint density at radius 2 is 1.74 bits per heavy atom. The summed E-state index contributed by atoms with van der Waals surface area (Å²) in [6.07, 6.45) is 7.88. The molecule has 4 rings (SSSR count). The van der Waals surface area contributed by atoms with Gasteiger partial charge in [-0.15, -0.1) is 0 Å². The summed E-state index contributed by atoms with van der Waals surface area (Å²) in [4.78, 5) is 15.0. The number of benzene rings is 1. The van der Waals surface area contributed by atoms with Gasteiger partial charge >= 0.3 is 0 Å². The van der Waals surface area contributed by atoms with E-state index in [-0.39, 0.29) is 0 Å². The van der Waals surface area contributed by atoms with Gasteiger partial charge in [-0.3, -0.25) is 9.80 Å². The first-order valence-electron chi connectivity index (χ1n) is 13.0. The Labute approximate surface area is 205 Å². The summed E-state index contributed by atoms with van der Waals surface area (Å²) in [7, 11) is 0. The molecular weight excluding hydrogens is 418 g/mol. The maximum atomic E-state index is 4.99. The van der Waals surface area contributed by atoms with Crippen molar-refractivity contribution in [2.45, 2.75) is 66.5 Å². The van der Waals surface area contributed by atoms with Crippen LogP contribution < -0.4 is 0 Å². The minimum absolute atomic E-state index is 0.656.